The number of benzene rings is 1. The van der Waals surface area contributed by atoms with Crippen molar-refractivity contribution in [3.63, 3.8) is 0 Å². The molecule has 1 aliphatic carbocycles. The van der Waals surface area contributed by atoms with E-state index in [0.717, 1.165) is 12.8 Å². The molecule has 1 aliphatic rings. The van der Waals surface area contributed by atoms with Gasteiger partial charge in [-0.15, -0.1) is 0 Å². The van der Waals surface area contributed by atoms with Crippen molar-refractivity contribution >= 4 is 29.2 Å². The van der Waals surface area contributed by atoms with E-state index in [2.05, 4.69) is 0 Å². The fourth-order valence-electron chi connectivity index (χ4n) is 2.08. The summed E-state index contributed by atoms with van der Waals surface area (Å²) < 4.78 is 0. The summed E-state index contributed by atoms with van der Waals surface area (Å²) in [5.74, 6) is -0.932. The molecular formula is C14H17ClN2O3. The van der Waals surface area contributed by atoms with Gasteiger partial charge in [-0.25, -0.2) is 0 Å². The zero-order valence-electron chi connectivity index (χ0n) is 11.0. The monoisotopic (exact) mass is 296 g/mol. The third-order valence-electron chi connectivity index (χ3n) is 3.37. The number of carbonyl (C=O) groups excluding carboxylic acids is 1. The Morgan fingerprint density at radius 1 is 1.35 bits per heavy atom. The minimum Gasteiger partial charge on any atom is -0.480 e. The Morgan fingerprint density at radius 2 is 1.95 bits per heavy atom. The molecule has 1 aromatic rings. The molecule has 1 aromatic carbocycles. The molecule has 1 unspecified atom stereocenters. The summed E-state index contributed by atoms with van der Waals surface area (Å²) in [7, 11) is 0. The van der Waals surface area contributed by atoms with Crippen LogP contribution >= 0.6 is 11.6 Å². The maximum Gasteiger partial charge on any atom is 0.323 e. The van der Waals surface area contributed by atoms with Gasteiger partial charge in [0.1, 0.15) is 6.54 Å². The van der Waals surface area contributed by atoms with Crippen LogP contribution in [0.5, 0.6) is 0 Å². The van der Waals surface area contributed by atoms with Crippen LogP contribution in [0.3, 0.4) is 0 Å². The topological polar surface area (TPSA) is 83.6 Å². The lowest BCUT2D eigenvalue weighted by Crippen LogP contribution is -2.39. The molecule has 0 bridgehead atoms. The molecule has 0 aliphatic heterocycles. The van der Waals surface area contributed by atoms with Crippen LogP contribution in [0.4, 0.5) is 5.69 Å². The van der Waals surface area contributed by atoms with Crippen LogP contribution in [0.2, 0.25) is 5.02 Å². The van der Waals surface area contributed by atoms with E-state index >= 15 is 0 Å². The average Bonchev–Trinajstić information content (AvgIpc) is 3.21. The molecule has 2 rings (SSSR count). The lowest BCUT2D eigenvalue weighted by molar-refractivity contribution is -0.136. The zero-order valence-corrected chi connectivity index (χ0v) is 11.7. The van der Waals surface area contributed by atoms with Gasteiger partial charge in [0, 0.05) is 23.2 Å². The largest absolute Gasteiger partial charge is 0.480 e. The third kappa shape index (κ3) is 3.95. The second-order valence-corrected chi connectivity index (χ2v) is 5.49. The molecule has 0 aromatic heterocycles. The zero-order chi connectivity index (χ0) is 14.7. The number of carboxylic acid groups (broad SMARTS) is 1. The first-order valence-corrected chi connectivity index (χ1v) is 6.88. The fourth-order valence-corrected chi connectivity index (χ4v) is 2.21. The third-order valence-corrected chi connectivity index (χ3v) is 3.62. The number of anilines is 1. The van der Waals surface area contributed by atoms with Crippen LogP contribution in [0.25, 0.3) is 0 Å². The number of halogens is 1. The van der Waals surface area contributed by atoms with Crippen LogP contribution in [0, 0.1) is 5.92 Å². The van der Waals surface area contributed by atoms with Crippen molar-refractivity contribution in [1.29, 1.82) is 0 Å². The molecule has 0 saturated heterocycles. The van der Waals surface area contributed by atoms with Crippen molar-refractivity contribution in [3.05, 3.63) is 29.3 Å². The smallest absolute Gasteiger partial charge is 0.323 e. The van der Waals surface area contributed by atoms with Gasteiger partial charge < -0.3 is 15.7 Å². The van der Waals surface area contributed by atoms with Crippen molar-refractivity contribution in [2.24, 2.45) is 11.7 Å². The molecule has 0 radical (unpaired) electrons. The lowest BCUT2D eigenvalue weighted by atomic mass is 10.1. The number of nitrogens with two attached hydrogens (primary N) is 1. The average molecular weight is 297 g/mol. The highest BCUT2D eigenvalue weighted by Gasteiger charge is 2.31. The number of carboxylic acids is 1. The van der Waals surface area contributed by atoms with Gasteiger partial charge in [-0.1, -0.05) is 11.6 Å². The normalized spacial score (nSPS) is 15.7. The number of nitrogens with zero attached hydrogens (tertiary/aromatic N) is 1. The van der Waals surface area contributed by atoms with E-state index in [9.17, 15) is 9.59 Å². The summed E-state index contributed by atoms with van der Waals surface area (Å²) in [6, 6.07) is 6.32. The summed E-state index contributed by atoms with van der Waals surface area (Å²) in [6.45, 7) is -0.377. The van der Waals surface area contributed by atoms with Gasteiger partial charge in [0.2, 0.25) is 5.91 Å². The second-order valence-electron chi connectivity index (χ2n) is 5.06. The van der Waals surface area contributed by atoms with E-state index in [1.54, 1.807) is 24.3 Å². The standard InChI is InChI=1S/C14H17ClN2O3/c15-10-3-5-11(6-4-10)17(8-14(19)20)13(18)7-12(16)9-1-2-9/h3-6,9,12H,1-2,7-8,16H2,(H,19,20). The summed E-state index contributed by atoms with van der Waals surface area (Å²) in [6.07, 6.45) is 2.27. The first kappa shape index (κ1) is 14.8. The summed E-state index contributed by atoms with van der Waals surface area (Å²) in [5, 5.41) is 9.49. The Kier molecular flexibility index (Phi) is 4.62. The highest BCUT2D eigenvalue weighted by Crippen LogP contribution is 2.33. The maximum absolute atomic E-state index is 12.3. The molecule has 1 fully saturated rings. The van der Waals surface area contributed by atoms with Crippen LogP contribution in [-0.2, 0) is 9.59 Å². The summed E-state index contributed by atoms with van der Waals surface area (Å²) in [4.78, 5) is 24.4. The van der Waals surface area contributed by atoms with Gasteiger partial charge in [-0.05, 0) is 43.0 Å². The molecule has 5 nitrogen and oxygen atoms in total. The molecule has 1 saturated carbocycles. The van der Waals surface area contributed by atoms with Crippen LogP contribution < -0.4 is 10.6 Å². The highest BCUT2D eigenvalue weighted by atomic mass is 35.5. The molecule has 1 amide bonds. The van der Waals surface area contributed by atoms with Gasteiger partial charge in [0.25, 0.3) is 0 Å². The van der Waals surface area contributed by atoms with Crippen molar-refractivity contribution in [2.75, 3.05) is 11.4 Å². The van der Waals surface area contributed by atoms with Crippen LogP contribution in [-0.4, -0.2) is 29.6 Å². The van der Waals surface area contributed by atoms with Crippen molar-refractivity contribution in [2.45, 2.75) is 25.3 Å². The van der Waals surface area contributed by atoms with Crippen LogP contribution in [0.15, 0.2) is 24.3 Å². The quantitative estimate of drug-likeness (QED) is 0.839. The Morgan fingerprint density at radius 3 is 2.45 bits per heavy atom. The SMILES string of the molecule is NC(CC(=O)N(CC(=O)O)c1ccc(Cl)cc1)C1CC1. The van der Waals surface area contributed by atoms with E-state index in [1.165, 1.54) is 4.90 Å². The number of amides is 1. The molecule has 3 N–H and O–H groups in total. The van der Waals surface area contributed by atoms with E-state index in [-0.39, 0.29) is 24.9 Å². The van der Waals surface area contributed by atoms with Gasteiger partial charge in [-0.2, -0.15) is 0 Å². The number of hydrogen-bond acceptors (Lipinski definition) is 3. The number of hydrogen-bond donors (Lipinski definition) is 2. The highest BCUT2D eigenvalue weighted by molar-refractivity contribution is 6.30. The fraction of sp³-hybridized carbons (Fsp3) is 0.429. The minimum absolute atomic E-state index is 0.167. The number of carbonyl (C=O) groups is 2. The molecular weight excluding hydrogens is 280 g/mol. The second kappa shape index (κ2) is 6.24. The van der Waals surface area contributed by atoms with Crippen LogP contribution in [0.1, 0.15) is 19.3 Å². The van der Waals surface area contributed by atoms with Crippen molar-refractivity contribution in [1.82, 2.24) is 0 Å². The molecule has 0 heterocycles. The molecule has 108 valence electrons. The summed E-state index contributed by atoms with van der Waals surface area (Å²) in [5.41, 5.74) is 6.45. The molecule has 0 spiro atoms. The Hall–Kier alpha value is -1.59. The predicted molar refractivity (Wildman–Crippen MR) is 76.8 cm³/mol. The Bertz CT molecular complexity index is 500. The van der Waals surface area contributed by atoms with Gasteiger partial charge in [0.15, 0.2) is 0 Å². The molecule has 1 atom stereocenters. The van der Waals surface area contributed by atoms with Crippen molar-refractivity contribution < 1.29 is 14.7 Å². The first-order chi connectivity index (χ1) is 9.47. The van der Waals surface area contributed by atoms with E-state index < -0.39 is 5.97 Å². The minimum atomic E-state index is -1.06. The summed E-state index contributed by atoms with van der Waals surface area (Å²) >= 11 is 5.80. The first-order valence-electron chi connectivity index (χ1n) is 6.50. The van der Waals surface area contributed by atoms with Gasteiger partial charge in [0.05, 0.1) is 0 Å². The Labute approximate surface area is 122 Å². The predicted octanol–water partition coefficient (Wildman–Crippen LogP) is 1.89. The van der Waals surface area contributed by atoms with E-state index in [4.69, 9.17) is 22.4 Å². The maximum atomic E-state index is 12.3. The Balaban J connectivity index is 2.11. The van der Waals surface area contributed by atoms with E-state index in [1.807, 2.05) is 0 Å². The number of rotatable bonds is 6. The van der Waals surface area contributed by atoms with Crippen molar-refractivity contribution in [3.8, 4) is 0 Å². The lowest BCUT2D eigenvalue weighted by Gasteiger charge is -2.22. The molecule has 6 heteroatoms. The molecule has 20 heavy (non-hydrogen) atoms. The van der Waals surface area contributed by atoms with E-state index in [0.29, 0.717) is 16.6 Å². The van der Waals surface area contributed by atoms with Gasteiger partial charge >= 0.3 is 5.97 Å². The number of aliphatic carboxylic acids is 1. The van der Waals surface area contributed by atoms with Gasteiger partial charge in [-0.3, -0.25) is 9.59 Å².